The Morgan fingerprint density at radius 2 is 1.95 bits per heavy atom. The second kappa shape index (κ2) is 5.64. The summed E-state index contributed by atoms with van der Waals surface area (Å²) in [6, 6.07) is 1.06. The molecule has 112 valence electrons. The van der Waals surface area contributed by atoms with Gasteiger partial charge in [-0.05, 0) is 41.3 Å². The Hall–Kier alpha value is -0.620. The van der Waals surface area contributed by atoms with Crippen LogP contribution in [0.25, 0.3) is 0 Å². The van der Waals surface area contributed by atoms with Crippen LogP contribution in [-0.2, 0) is 11.7 Å². The lowest BCUT2D eigenvalue weighted by Gasteiger charge is -2.28. The summed E-state index contributed by atoms with van der Waals surface area (Å²) in [6.07, 6.45) is 1.94. The summed E-state index contributed by atoms with van der Waals surface area (Å²) in [4.78, 5) is 3.97. The highest BCUT2D eigenvalue weighted by atomic mass is 79.9. The van der Waals surface area contributed by atoms with Crippen molar-refractivity contribution in [2.75, 3.05) is 0 Å². The van der Waals surface area contributed by atoms with E-state index >= 15 is 0 Å². The molecule has 0 radical (unpaired) electrons. The number of rotatable bonds is 3. The minimum absolute atomic E-state index is 0.329. The van der Waals surface area contributed by atoms with Crippen LogP contribution in [0.3, 0.4) is 0 Å². The molecule has 0 amide bonds. The molecule has 0 aromatic carbocycles. The van der Waals surface area contributed by atoms with E-state index in [0.717, 1.165) is 31.5 Å². The van der Waals surface area contributed by atoms with E-state index in [9.17, 15) is 13.2 Å². The molecule has 2 rings (SSSR count). The van der Waals surface area contributed by atoms with Gasteiger partial charge in [-0.1, -0.05) is 25.7 Å². The van der Waals surface area contributed by atoms with Crippen molar-refractivity contribution in [3.05, 3.63) is 28.0 Å². The molecule has 0 bridgehead atoms. The minimum atomic E-state index is -4.38. The van der Waals surface area contributed by atoms with Crippen LogP contribution in [-0.4, -0.2) is 4.98 Å². The standard InChI is InChI=1S/C14H18BrF3N2/c1-13(19,7-9-4-2-3-5-9)12-11(15)6-10(8-20-12)14(16,17)18/h6,8-9H,2-5,7,19H2,1H3. The van der Waals surface area contributed by atoms with Crippen molar-refractivity contribution in [1.29, 1.82) is 0 Å². The molecule has 6 heteroatoms. The van der Waals surface area contributed by atoms with Crippen molar-refractivity contribution in [3.8, 4) is 0 Å². The molecule has 1 unspecified atom stereocenters. The van der Waals surface area contributed by atoms with Gasteiger partial charge in [0.25, 0.3) is 0 Å². The molecule has 1 aliphatic carbocycles. The van der Waals surface area contributed by atoms with E-state index in [1.165, 1.54) is 12.8 Å². The third-order valence-corrected chi connectivity index (χ3v) is 4.50. The summed E-state index contributed by atoms with van der Waals surface area (Å²) < 4.78 is 38.2. The molecule has 1 atom stereocenters. The van der Waals surface area contributed by atoms with Gasteiger partial charge in [-0.3, -0.25) is 4.98 Å². The van der Waals surface area contributed by atoms with E-state index in [0.29, 0.717) is 16.1 Å². The van der Waals surface area contributed by atoms with E-state index in [2.05, 4.69) is 20.9 Å². The molecule has 1 aromatic heterocycles. The SMILES string of the molecule is CC(N)(CC1CCCC1)c1ncc(C(F)(F)F)cc1Br. The largest absolute Gasteiger partial charge is 0.417 e. The van der Waals surface area contributed by atoms with Gasteiger partial charge >= 0.3 is 6.18 Å². The lowest BCUT2D eigenvalue weighted by molar-refractivity contribution is -0.137. The van der Waals surface area contributed by atoms with Crippen LogP contribution in [0.5, 0.6) is 0 Å². The number of hydrogen-bond donors (Lipinski definition) is 1. The average Bonchev–Trinajstić information content (AvgIpc) is 2.79. The Morgan fingerprint density at radius 3 is 2.45 bits per heavy atom. The Morgan fingerprint density at radius 1 is 1.35 bits per heavy atom. The van der Waals surface area contributed by atoms with Crippen molar-refractivity contribution < 1.29 is 13.2 Å². The highest BCUT2D eigenvalue weighted by Crippen LogP contribution is 2.38. The van der Waals surface area contributed by atoms with Crippen LogP contribution in [0, 0.1) is 5.92 Å². The summed E-state index contributed by atoms with van der Waals surface area (Å²) in [5.41, 5.74) is 5.33. The number of pyridine rings is 1. The van der Waals surface area contributed by atoms with Crippen LogP contribution >= 0.6 is 15.9 Å². The molecule has 1 aliphatic rings. The molecule has 0 aliphatic heterocycles. The summed E-state index contributed by atoms with van der Waals surface area (Å²) in [6.45, 7) is 1.84. The molecule has 1 aromatic rings. The van der Waals surface area contributed by atoms with Crippen LogP contribution in [0.1, 0.15) is 50.3 Å². The van der Waals surface area contributed by atoms with Crippen molar-refractivity contribution in [1.82, 2.24) is 4.98 Å². The predicted molar refractivity (Wildman–Crippen MR) is 75.1 cm³/mol. The Bertz CT molecular complexity index is 480. The number of aromatic nitrogens is 1. The zero-order valence-corrected chi connectivity index (χ0v) is 12.9. The normalized spacial score (nSPS) is 20.1. The van der Waals surface area contributed by atoms with Crippen LogP contribution < -0.4 is 5.73 Å². The topological polar surface area (TPSA) is 38.9 Å². The Labute approximate surface area is 125 Å². The van der Waals surface area contributed by atoms with Gasteiger partial charge in [0, 0.05) is 10.7 Å². The first-order valence-corrected chi connectivity index (χ1v) is 7.51. The molecule has 1 saturated carbocycles. The van der Waals surface area contributed by atoms with E-state index in [-0.39, 0.29) is 0 Å². The van der Waals surface area contributed by atoms with Gasteiger partial charge in [-0.15, -0.1) is 0 Å². The first-order valence-electron chi connectivity index (χ1n) is 6.72. The van der Waals surface area contributed by atoms with Gasteiger partial charge in [-0.25, -0.2) is 0 Å². The number of nitrogens with two attached hydrogens (primary N) is 1. The molecule has 0 saturated heterocycles. The maximum Gasteiger partial charge on any atom is 0.417 e. The lowest BCUT2D eigenvalue weighted by atomic mass is 9.86. The Kier molecular flexibility index (Phi) is 4.44. The maximum absolute atomic E-state index is 12.6. The molecule has 1 fully saturated rings. The molecular formula is C14H18BrF3N2. The Balaban J connectivity index is 2.22. The van der Waals surface area contributed by atoms with E-state index < -0.39 is 17.3 Å². The zero-order chi connectivity index (χ0) is 15.0. The van der Waals surface area contributed by atoms with E-state index in [1.54, 1.807) is 0 Å². The van der Waals surface area contributed by atoms with Gasteiger partial charge in [0.15, 0.2) is 0 Å². The summed E-state index contributed by atoms with van der Waals surface area (Å²) in [5.74, 6) is 0.543. The van der Waals surface area contributed by atoms with Crippen molar-refractivity contribution in [3.63, 3.8) is 0 Å². The number of alkyl halides is 3. The summed E-state index contributed by atoms with van der Waals surface area (Å²) in [5, 5.41) is 0. The lowest BCUT2D eigenvalue weighted by Crippen LogP contribution is -2.36. The van der Waals surface area contributed by atoms with Crippen molar-refractivity contribution in [2.45, 2.75) is 50.7 Å². The number of nitrogens with zero attached hydrogens (tertiary/aromatic N) is 1. The first kappa shape index (κ1) is 15.8. The fourth-order valence-corrected chi connectivity index (χ4v) is 3.73. The molecule has 2 nitrogen and oxygen atoms in total. The van der Waals surface area contributed by atoms with Crippen molar-refractivity contribution >= 4 is 15.9 Å². The van der Waals surface area contributed by atoms with Gasteiger partial charge in [-0.2, -0.15) is 13.2 Å². The summed E-state index contributed by atoms with van der Waals surface area (Å²) in [7, 11) is 0. The van der Waals surface area contributed by atoms with Crippen LogP contribution in [0.4, 0.5) is 13.2 Å². The monoisotopic (exact) mass is 350 g/mol. The van der Waals surface area contributed by atoms with Crippen molar-refractivity contribution in [2.24, 2.45) is 11.7 Å². The number of halogens is 4. The smallest absolute Gasteiger partial charge is 0.320 e. The molecule has 0 spiro atoms. The summed E-state index contributed by atoms with van der Waals surface area (Å²) >= 11 is 3.18. The predicted octanol–water partition coefficient (Wildman–Crippen LogP) is 4.62. The average molecular weight is 351 g/mol. The second-order valence-electron chi connectivity index (χ2n) is 5.82. The van der Waals surface area contributed by atoms with E-state index in [1.807, 2.05) is 6.92 Å². The third kappa shape index (κ3) is 3.52. The molecular weight excluding hydrogens is 333 g/mol. The molecule has 2 N–H and O–H groups in total. The number of hydrogen-bond acceptors (Lipinski definition) is 2. The zero-order valence-electron chi connectivity index (χ0n) is 11.3. The van der Waals surface area contributed by atoms with Crippen LogP contribution in [0.15, 0.2) is 16.7 Å². The minimum Gasteiger partial charge on any atom is -0.320 e. The van der Waals surface area contributed by atoms with Gasteiger partial charge in [0.05, 0.1) is 16.8 Å². The quantitative estimate of drug-likeness (QED) is 0.863. The van der Waals surface area contributed by atoms with E-state index in [4.69, 9.17) is 5.73 Å². The third-order valence-electron chi connectivity index (χ3n) is 3.90. The van der Waals surface area contributed by atoms with Gasteiger partial charge in [0.1, 0.15) is 0 Å². The maximum atomic E-state index is 12.6. The second-order valence-corrected chi connectivity index (χ2v) is 6.68. The fourth-order valence-electron chi connectivity index (χ4n) is 2.92. The fraction of sp³-hybridized carbons (Fsp3) is 0.643. The van der Waals surface area contributed by atoms with Gasteiger partial charge < -0.3 is 5.73 Å². The highest BCUT2D eigenvalue weighted by molar-refractivity contribution is 9.10. The first-order chi connectivity index (χ1) is 9.20. The van der Waals surface area contributed by atoms with Gasteiger partial charge in [0.2, 0.25) is 0 Å². The molecule has 1 heterocycles. The molecule has 20 heavy (non-hydrogen) atoms. The highest BCUT2D eigenvalue weighted by Gasteiger charge is 2.34. The van der Waals surface area contributed by atoms with Crippen LogP contribution in [0.2, 0.25) is 0 Å².